The Labute approximate surface area is 108 Å². The van der Waals surface area contributed by atoms with Gasteiger partial charge in [0, 0.05) is 12.1 Å². The Morgan fingerprint density at radius 3 is 2.67 bits per heavy atom. The number of hydrogen-bond acceptors (Lipinski definition) is 4. The molecule has 2 N–H and O–H groups in total. The Hall–Kier alpha value is -1.55. The highest BCUT2D eigenvalue weighted by molar-refractivity contribution is 5.75. The Morgan fingerprint density at radius 2 is 2.11 bits per heavy atom. The maximum atomic E-state index is 11.7. The van der Waals surface area contributed by atoms with Crippen LogP contribution in [0.25, 0.3) is 0 Å². The van der Waals surface area contributed by atoms with Gasteiger partial charge in [0.2, 0.25) is 0 Å². The summed E-state index contributed by atoms with van der Waals surface area (Å²) in [4.78, 5) is 11.7. The van der Waals surface area contributed by atoms with Gasteiger partial charge in [-0.3, -0.25) is 0 Å². The molecule has 0 amide bonds. The van der Waals surface area contributed by atoms with Crippen LogP contribution in [0.2, 0.25) is 0 Å². The third-order valence-corrected chi connectivity index (χ3v) is 2.63. The van der Waals surface area contributed by atoms with Crippen LogP contribution in [-0.4, -0.2) is 18.7 Å². The molecule has 0 heterocycles. The molecule has 1 atom stereocenters. The lowest BCUT2D eigenvalue weighted by Crippen LogP contribution is -2.29. The molecular formula is C14H21NO3. The average molecular weight is 251 g/mol. The normalized spacial score (nSPS) is 12.0. The van der Waals surface area contributed by atoms with E-state index in [9.17, 15) is 4.79 Å². The summed E-state index contributed by atoms with van der Waals surface area (Å²) in [5.74, 6) is 0.326. The fraction of sp³-hybridized carbons (Fsp3) is 0.500. The van der Waals surface area contributed by atoms with Crippen LogP contribution in [0.1, 0.15) is 31.4 Å². The van der Waals surface area contributed by atoms with Gasteiger partial charge >= 0.3 is 5.97 Å². The number of aryl methyl sites for hydroxylation is 1. The molecule has 0 radical (unpaired) electrons. The van der Waals surface area contributed by atoms with E-state index in [2.05, 4.69) is 0 Å². The summed E-state index contributed by atoms with van der Waals surface area (Å²) in [6.07, 6.45) is -0.00515. The first-order chi connectivity index (χ1) is 8.62. The van der Waals surface area contributed by atoms with Gasteiger partial charge in [0.1, 0.15) is 5.75 Å². The van der Waals surface area contributed by atoms with Crippen molar-refractivity contribution in [1.82, 2.24) is 0 Å². The van der Waals surface area contributed by atoms with Crippen LogP contribution in [0, 0.1) is 6.92 Å². The van der Waals surface area contributed by atoms with E-state index < -0.39 is 6.10 Å². The molecule has 0 saturated carbocycles. The van der Waals surface area contributed by atoms with E-state index in [1.54, 1.807) is 6.92 Å². The molecule has 1 unspecified atom stereocenters. The van der Waals surface area contributed by atoms with E-state index in [0.717, 1.165) is 11.1 Å². The van der Waals surface area contributed by atoms with Gasteiger partial charge < -0.3 is 15.2 Å². The van der Waals surface area contributed by atoms with E-state index in [4.69, 9.17) is 15.2 Å². The summed E-state index contributed by atoms with van der Waals surface area (Å²) in [6.45, 7) is 6.40. The standard InChI is InChI=1S/C14H21NO3/c1-4-12(14(16)17-5-2)18-13-7-6-10(3)8-11(13)9-15/h6-8,12H,4-5,9,15H2,1-3H3. The highest BCUT2D eigenvalue weighted by Gasteiger charge is 2.20. The highest BCUT2D eigenvalue weighted by atomic mass is 16.6. The first-order valence-electron chi connectivity index (χ1n) is 6.25. The molecule has 1 rings (SSSR count). The van der Waals surface area contributed by atoms with E-state index in [1.165, 1.54) is 0 Å². The average Bonchev–Trinajstić information content (AvgIpc) is 2.37. The Morgan fingerprint density at radius 1 is 1.39 bits per heavy atom. The van der Waals surface area contributed by atoms with Crippen molar-refractivity contribution < 1.29 is 14.3 Å². The molecule has 0 saturated heterocycles. The molecule has 0 aliphatic rings. The second kappa shape index (κ2) is 7.01. The quantitative estimate of drug-likeness (QED) is 0.787. The second-order valence-corrected chi connectivity index (χ2v) is 4.08. The fourth-order valence-electron chi connectivity index (χ4n) is 1.67. The molecule has 1 aromatic carbocycles. The number of hydrogen-bond donors (Lipinski definition) is 1. The molecule has 18 heavy (non-hydrogen) atoms. The molecule has 4 heteroatoms. The minimum atomic E-state index is -0.571. The van der Waals surface area contributed by atoms with Crippen LogP contribution < -0.4 is 10.5 Å². The number of ether oxygens (including phenoxy) is 2. The van der Waals surface area contributed by atoms with Crippen LogP contribution >= 0.6 is 0 Å². The van der Waals surface area contributed by atoms with Gasteiger partial charge in [-0.25, -0.2) is 4.79 Å². The summed E-state index contributed by atoms with van der Waals surface area (Å²) in [5.41, 5.74) is 7.69. The van der Waals surface area contributed by atoms with Crippen molar-refractivity contribution in [3.05, 3.63) is 29.3 Å². The monoisotopic (exact) mass is 251 g/mol. The van der Waals surface area contributed by atoms with E-state index in [0.29, 0.717) is 25.3 Å². The lowest BCUT2D eigenvalue weighted by Gasteiger charge is -2.18. The fourth-order valence-corrected chi connectivity index (χ4v) is 1.67. The number of rotatable bonds is 6. The van der Waals surface area contributed by atoms with Gasteiger partial charge in [-0.15, -0.1) is 0 Å². The summed E-state index contributed by atoms with van der Waals surface area (Å²) in [7, 11) is 0. The molecule has 0 bridgehead atoms. The predicted octanol–water partition coefficient (Wildman–Crippen LogP) is 2.17. The highest BCUT2D eigenvalue weighted by Crippen LogP contribution is 2.21. The molecule has 0 aromatic heterocycles. The SMILES string of the molecule is CCOC(=O)C(CC)Oc1ccc(C)cc1CN. The molecule has 0 aliphatic carbocycles. The second-order valence-electron chi connectivity index (χ2n) is 4.08. The Balaban J connectivity index is 2.84. The van der Waals surface area contributed by atoms with Crippen LogP contribution in [0.3, 0.4) is 0 Å². The van der Waals surface area contributed by atoms with Crippen LogP contribution in [0.15, 0.2) is 18.2 Å². The van der Waals surface area contributed by atoms with Crippen LogP contribution in [0.5, 0.6) is 5.75 Å². The zero-order chi connectivity index (χ0) is 13.5. The van der Waals surface area contributed by atoms with Gasteiger partial charge in [0.05, 0.1) is 6.61 Å². The van der Waals surface area contributed by atoms with Gasteiger partial charge in [0.15, 0.2) is 6.10 Å². The third kappa shape index (κ3) is 3.74. The molecule has 100 valence electrons. The molecular weight excluding hydrogens is 230 g/mol. The predicted molar refractivity (Wildman–Crippen MR) is 70.4 cm³/mol. The minimum Gasteiger partial charge on any atom is -0.478 e. The first kappa shape index (κ1) is 14.5. The van der Waals surface area contributed by atoms with E-state index in [-0.39, 0.29) is 5.97 Å². The van der Waals surface area contributed by atoms with Gasteiger partial charge in [-0.05, 0) is 26.3 Å². The zero-order valence-corrected chi connectivity index (χ0v) is 11.2. The maximum absolute atomic E-state index is 11.7. The summed E-state index contributed by atoms with van der Waals surface area (Å²) >= 11 is 0. The molecule has 1 aromatic rings. The first-order valence-corrected chi connectivity index (χ1v) is 6.25. The summed E-state index contributed by atoms with van der Waals surface area (Å²) in [5, 5.41) is 0. The largest absolute Gasteiger partial charge is 0.478 e. The number of benzene rings is 1. The van der Waals surface area contributed by atoms with Crippen LogP contribution in [0.4, 0.5) is 0 Å². The van der Waals surface area contributed by atoms with Gasteiger partial charge in [0.25, 0.3) is 0 Å². The van der Waals surface area contributed by atoms with Crippen LogP contribution in [-0.2, 0) is 16.1 Å². The topological polar surface area (TPSA) is 61.5 Å². The lowest BCUT2D eigenvalue weighted by atomic mass is 10.1. The molecule has 4 nitrogen and oxygen atoms in total. The third-order valence-electron chi connectivity index (χ3n) is 2.63. The minimum absolute atomic E-state index is 0.330. The van der Waals surface area contributed by atoms with Crippen molar-refractivity contribution >= 4 is 5.97 Å². The Kier molecular flexibility index (Phi) is 5.65. The lowest BCUT2D eigenvalue weighted by molar-refractivity contribution is -0.151. The van der Waals surface area contributed by atoms with E-state index >= 15 is 0 Å². The van der Waals surface area contributed by atoms with Crippen molar-refractivity contribution in [1.29, 1.82) is 0 Å². The van der Waals surface area contributed by atoms with E-state index in [1.807, 2.05) is 32.0 Å². The van der Waals surface area contributed by atoms with Gasteiger partial charge in [-0.1, -0.05) is 24.6 Å². The van der Waals surface area contributed by atoms with Crippen molar-refractivity contribution in [2.75, 3.05) is 6.61 Å². The molecule has 0 spiro atoms. The Bertz CT molecular complexity index is 404. The van der Waals surface area contributed by atoms with Crippen molar-refractivity contribution in [3.8, 4) is 5.75 Å². The summed E-state index contributed by atoms with van der Waals surface area (Å²) in [6, 6.07) is 5.75. The number of carbonyl (C=O) groups excluding carboxylic acids is 1. The van der Waals surface area contributed by atoms with Crippen molar-refractivity contribution in [2.24, 2.45) is 5.73 Å². The number of nitrogens with two attached hydrogens (primary N) is 1. The molecule has 0 fully saturated rings. The van der Waals surface area contributed by atoms with Crippen molar-refractivity contribution in [2.45, 2.75) is 39.8 Å². The smallest absolute Gasteiger partial charge is 0.347 e. The maximum Gasteiger partial charge on any atom is 0.347 e. The van der Waals surface area contributed by atoms with Gasteiger partial charge in [-0.2, -0.15) is 0 Å². The number of esters is 1. The summed E-state index contributed by atoms with van der Waals surface area (Å²) < 4.78 is 10.7. The molecule has 0 aliphatic heterocycles. The number of carbonyl (C=O) groups is 1. The van der Waals surface area contributed by atoms with Crippen molar-refractivity contribution in [3.63, 3.8) is 0 Å². The zero-order valence-electron chi connectivity index (χ0n) is 11.2.